The topological polar surface area (TPSA) is 81.2 Å². The number of hydrogen-bond donors (Lipinski definition) is 1. The fourth-order valence-electron chi connectivity index (χ4n) is 3.43. The molecule has 130 valence electrons. The van der Waals surface area contributed by atoms with Crippen molar-refractivity contribution >= 4 is 17.9 Å². The first kappa shape index (κ1) is 17.6. The van der Waals surface area contributed by atoms with Gasteiger partial charge in [-0.25, -0.2) is 4.79 Å². The molecule has 7 heteroatoms. The molecule has 7 nitrogen and oxygen atoms in total. The second kappa shape index (κ2) is 6.76. The van der Waals surface area contributed by atoms with Gasteiger partial charge in [0.1, 0.15) is 6.04 Å². The van der Waals surface area contributed by atoms with E-state index in [1.807, 2.05) is 0 Å². The Morgan fingerprint density at radius 3 is 2.30 bits per heavy atom. The average Bonchev–Trinajstić information content (AvgIpc) is 2.95. The standard InChI is InChI=1S/C16H27N3O4/c1-16(2,3)19(15(22)23)12-7-6-10-18(14(12)21)11-13(20)17-8-4-5-9-17/h12H,4-11H2,1-3H3,(H,22,23)/t12-/m0/s1. The van der Waals surface area contributed by atoms with Crippen LogP contribution in [0.1, 0.15) is 46.5 Å². The molecule has 0 aromatic rings. The maximum absolute atomic E-state index is 12.7. The van der Waals surface area contributed by atoms with Crippen molar-refractivity contribution in [1.29, 1.82) is 0 Å². The Morgan fingerprint density at radius 1 is 1.17 bits per heavy atom. The van der Waals surface area contributed by atoms with E-state index >= 15 is 0 Å². The molecule has 0 spiro atoms. The van der Waals surface area contributed by atoms with Gasteiger partial charge in [-0.1, -0.05) is 0 Å². The third kappa shape index (κ3) is 3.95. The number of likely N-dealkylation sites (tertiary alicyclic amines) is 2. The van der Waals surface area contributed by atoms with Gasteiger partial charge in [-0.05, 0) is 46.5 Å². The first-order valence-corrected chi connectivity index (χ1v) is 8.30. The Balaban J connectivity index is 2.07. The molecule has 2 aliphatic rings. The molecule has 2 aliphatic heterocycles. The van der Waals surface area contributed by atoms with Gasteiger partial charge >= 0.3 is 6.09 Å². The maximum Gasteiger partial charge on any atom is 0.408 e. The third-order valence-corrected chi connectivity index (χ3v) is 4.53. The molecule has 2 rings (SSSR count). The molecule has 1 N–H and O–H groups in total. The number of rotatable bonds is 3. The van der Waals surface area contributed by atoms with Gasteiger partial charge in [0.2, 0.25) is 11.8 Å². The van der Waals surface area contributed by atoms with Crippen molar-refractivity contribution in [2.45, 2.75) is 58.0 Å². The van der Waals surface area contributed by atoms with Crippen LogP contribution in [0.25, 0.3) is 0 Å². The van der Waals surface area contributed by atoms with E-state index in [4.69, 9.17) is 0 Å². The monoisotopic (exact) mass is 325 g/mol. The fourth-order valence-corrected chi connectivity index (χ4v) is 3.43. The summed E-state index contributed by atoms with van der Waals surface area (Å²) in [4.78, 5) is 41.1. The van der Waals surface area contributed by atoms with Gasteiger partial charge in [-0.2, -0.15) is 0 Å². The second-order valence-electron chi connectivity index (χ2n) is 7.33. The SMILES string of the molecule is CC(C)(C)N(C(=O)O)[C@H]1CCCN(CC(=O)N2CCCC2)C1=O. The zero-order chi connectivity index (χ0) is 17.2. The van der Waals surface area contributed by atoms with Crippen LogP contribution in [0.15, 0.2) is 0 Å². The number of amides is 3. The number of carboxylic acid groups (broad SMARTS) is 1. The van der Waals surface area contributed by atoms with E-state index in [1.165, 1.54) is 9.80 Å². The lowest BCUT2D eigenvalue weighted by Crippen LogP contribution is -2.60. The molecule has 3 amide bonds. The van der Waals surface area contributed by atoms with Crippen LogP contribution in [-0.4, -0.2) is 75.5 Å². The van der Waals surface area contributed by atoms with E-state index in [0.717, 1.165) is 25.9 Å². The average molecular weight is 325 g/mol. The smallest absolute Gasteiger partial charge is 0.408 e. The quantitative estimate of drug-likeness (QED) is 0.850. The van der Waals surface area contributed by atoms with Crippen molar-refractivity contribution in [2.24, 2.45) is 0 Å². The van der Waals surface area contributed by atoms with Gasteiger partial charge in [-0.15, -0.1) is 0 Å². The largest absolute Gasteiger partial charge is 0.465 e. The minimum atomic E-state index is -1.09. The van der Waals surface area contributed by atoms with Crippen molar-refractivity contribution in [3.05, 3.63) is 0 Å². The Morgan fingerprint density at radius 2 is 1.78 bits per heavy atom. The lowest BCUT2D eigenvalue weighted by atomic mass is 9.97. The first-order valence-electron chi connectivity index (χ1n) is 8.30. The molecule has 1 atom stereocenters. The molecule has 0 aromatic heterocycles. The van der Waals surface area contributed by atoms with Gasteiger partial charge in [0, 0.05) is 25.2 Å². The minimum Gasteiger partial charge on any atom is -0.465 e. The highest BCUT2D eigenvalue weighted by molar-refractivity contribution is 5.90. The lowest BCUT2D eigenvalue weighted by Gasteiger charge is -2.43. The number of hydrogen-bond acceptors (Lipinski definition) is 3. The number of nitrogens with zero attached hydrogens (tertiary/aromatic N) is 3. The van der Waals surface area contributed by atoms with E-state index in [1.54, 1.807) is 25.7 Å². The molecule has 23 heavy (non-hydrogen) atoms. The fraction of sp³-hybridized carbons (Fsp3) is 0.812. The summed E-state index contributed by atoms with van der Waals surface area (Å²) in [5.74, 6) is -0.282. The van der Waals surface area contributed by atoms with E-state index in [0.29, 0.717) is 19.4 Å². The van der Waals surface area contributed by atoms with Gasteiger partial charge < -0.3 is 14.9 Å². The van der Waals surface area contributed by atoms with Crippen molar-refractivity contribution in [2.75, 3.05) is 26.2 Å². The van der Waals surface area contributed by atoms with Crippen LogP contribution >= 0.6 is 0 Å². The molecule has 0 aromatic carbocycles. The van der Waals surface area contributed by atoms with Crippen LogP contribution in [0.2, 0.25) is 0 Å². The molecule has 0 aliphatic carbocycles. The summed E-state index contributed by atoms with van der Waals surface area (Å²) >= 11 is 0. The molecule has 0 unspecified atom stereocenters. The molecule has 2 fully saturated rings. The maximum atomic E-state index is 12.7. The number of carbonyl (C=O) groups excluding carboxylic acids is 2. The number of carbonyl (C=O) groups is 3. The van der Waals surface area contributed by atoms with Crippen LogP contribution in [0.4, 0.5) is 4.79 Å². The predicted octanol–water partition coefficient (Wildman–Crippen LogP) is 1.38. The number of piperidine rings is 1. The van der Waals surface area contributed by atoms with Crippen molar-refractivity contribution in [3.8, 4) is 0 Å². The first-order chi connectivity index (χ1) is 10.7. The highest BCUT2D eigenvalue weighted by Gasteiger charge is 2.41. The third-order valence-electron chi connectivity index (χ3n) is 4.53. The molecule has 0 radical (unpaired) electrons. The van der Waals surface area contributed by atoms with E-state index < -0.39 is 17.7 Å². The summed E-state index contributed by atoms with van der Waals surface area (Å²) in [5, 5.41) is 9.50. The highest BCUT2D eigenvalue weighted by Crippen LogP contribution is 2.25. The zero-order valence-corrected chi connectivity index (χ0v) is 14.2. The van der Waals surface area contributed by atoms with Crippen molar-refractivity contribution < 1.29 is 19.5 Å². The summed E-state index contributed by atoms with van der Waals surface area (Å²) < 4.78 is 0. The molecule has 2 saturated heterocycles. The summed E-state index contributed by atoms with van der Waals surface area (Å²) in [7, 11) is 0. The van der Waals surface area contributed by atoms with E-state index in [9.17, 15) is 19.5 Å². The minimum absolute atomic E-state index is 0.0332. The van der Waals surface area contributed by atoms with Crippen LogP contribution in [0.3, 0.4) is 0 Å². The van der Waals surface area contributed by atoms with E-state index in [-0.39, 0.29) is 18.4 Å². The Hall–Kier alpha value is -1.79. The summed E-state index contributed by atoms with van der Waals surface area (Å²) in [6.07, 6.45) is 2.15. The second-order valence-corrected chi connectivity index (χ2v) is 7.33. The molecule has 0 bridgehead atoms. The predicted molar refractivity (Wildman–Crippen MR) is 85.0 cm³/mol. The van der Waals surface area contributed by atoms with Crippen molar-refractivity contribution in [1.82, 2.24) is 14.7 Å². The van der Waals surface area contributed by atoms with Crippen LogP contribution < -0.4 is 0 Å². The van der Waals surface area contributed by atoms with Crippen LogP contribution in [0.5, 0.6) is 0 Å². The highest BCUT2D eigenvalue weighted by atomic mass is 16.4. The molecule has 2 heterocycles. The molecular formula is C16H27N3O4. The van der Waals surface area contributed by atoms with Gasteiger partial charge in [0.15, 0.2) is 0 Å². The van der Waals surface area contributed by atoms with Gasteiger partial charge in [0.25, 0.3) is 0 Å². The summed E-state index contributed by atoms with van der Waals surface area (Å²) in [6.45, 7) is 7.44. The Labute approximate surface area is 137 Å². The van der Waals surface area contributed by atoms with E-state index in [2.05, 4.69) is 0 Å². The molecular weight excluding hydrogens is 298 g/mol. The van der Waals surface area contributed by atoms with Crippen LogP contribution in [-0.2, 0) is 9.59 Å². The Kier molecular flexibility index (Phi) is 5.16. The van der Waals surface area contributed by atoms with Crippen molar-refractivity contribution in [3.63, 3.8) is 0 Å². The normalized spacial score (nSPS) is 22.4. The van der Waals surface area contributed by atoms with Gasteiger partial charge in [0.05, 0.1) is 6.54 Å². The summed E-state index contributed by atoms with van der Waals surface area (Å²) in [6, 6.07) is -0.701. The lowest BCUT2D eigenvalue weighted by molar-refractivity contribution is -0.146. The summed E-state index contributed by atoms with van der Waals surface area (Å²) in [5.41, 5.74) is -0.659. The zero-order valence-electron chi connectivity index (χ0n) is 14.2. The van der Waals surface area contributed by atoms with Gasteiger partial charge in [-0.3, -0.25) is 14.5 Å². The Bertz CT molecular complexity index is 480. The van der Waals surface area contributed by atoms with Crippen LogP contribution in [0, 0.1) is 0 Å². The molecule has 0 saturated carbocycles.